The summed E-state index contributed by atoms with van der Waals surface area (Å²) in [6.07, 6.45) is 3.53. The minimum atomic E-state index is -4.44. The SMILES string of the molecule is N#CCCCCc1cc(/N=N/c2ccc(S(=O)(=O)O)c(CCCCC#N)c2)ccc1S(=O)(=O)O.[KH]. The molecule has 0 radical (unpaired) electrons. The Balaban J connectivity index is 0.00000612. The van der Waals surface area contributed by atoms with Crippen molar-refractivity contribution in [2.75, 3.05) is 0 Å². The molecule has 13 heteroatoms. The van der Waals surface area contributed by atoms with Crippen LogP contribution in [-0.4, -0.2) is 77.3 Å². The van der Waals surface area contributed by atoms with Crippen LogP contribution < -0.4 is 0 Å². The number of azo groups is 1. The van der Waals surface area contributed by atoms with Crippen molar-refractivity contribution in [3.05, 3.63) is 47.5 Å². The van der Waals surface area contributed by atoms with E-state index in [2.05, 4.69) is 10.2 Å². The van der Waals surface area contributed by atoms with Crippen LogP contribution in [0.25, 0.3) is 0 Å². The van der Waals surface area contributed by atoms with E-state index in [9.17, 15) is 25.9 Å². The molecule has 0 aromatic heterocycles. The van der Waals surface area contributed by atoms with Crippen LogP contribution in [-0.2, 0) is 33.1 Å². The molecule has 10 nitrogen and oxygen atoms in total. The number of hydrogen-bond donors (Lipinski definition) is 2. The number of hydrogen-bond acceptors (Lipinski definition) is 8. The van der Waals surface area contributed by atoms with Crippen LogP contribution in [0, 0.1) is 22.7 Å². The summed E-state index contributed by atoms with van der Waals surface area (Å²) in [5.74, 6) is 0. The average molecular weight is 545 g/mol. The Hall–Kier alpha value is -1.52. The van der Waals surface area contributed by atoms with E-state index < -0.39 is 20.2 Å². The van der Waals surface area contributed by atoms with Crippen LogP contribution >= 0.6 is 0 Å². The molecule has 35 heavy (non-hydrogen) atoms. The molecule has 0 amide bonds. The number of benzene rings is 2. The van der Waals surface area contributed by atoms with Crippen LogP contribution in [0.3, 0.4) is 0 Å². The second-order valence-electron chi connectivity index (χ2n) is 7.46. The summed E-state index contributed by atoms with van der Waals surface area (Å²) in [5, 5.41) is 25.5. The molecule has 0 unspecified atom stereocenters. The zero-order chi connectivity index (χ0) is 25.2. The third-order valence-corrected chi connectivity index (χ3v) is 6.80. The van der Waals surface area contributed by atoms with Crippen molar-refractivity contribution in [2.24, 2.45) is 10.2 Å². The van der Waals surface area contributed by atoms with Crippen LogP contribution in [0.2, 0.25) is 0 Å². The van der Waals surface area contributed by atoms with E-state index in [-0.39, 0.29) is 61.2 Å². The van der Waals surface area contributed by atoms with Crippen molar-refractivity contribution in [2.45, 2.75) is 61.2 Å². The molecule has 0 spiro atoms. The fraction of sp³-hybridized carbons (Fsp3) is 0.364. The molecular weight excluding hydrogens is 519 g/mol. The summed E-state index contributed by atoms with van der Waals surface area (Å²) in [6, 6.07) is 12.2. The van der Waals surface area contributed by atoms with Gasteiger partial charge in [0.15, 0.2) is 0 Å². The molecule has 0 atom stereocenters. The van der Waals surface area contributed by atoms with Gasteiger partial charge in [-0.25, -0.2) is 0 Å². The first kappa shape index (κ1) is 31.5. The standard InChI is InChI=1S/C22H24N4O6S2.K.H/c23-13-5-1-3-7-17-15-19(9-11-21(17)33(27,28)29)25-26-20-10-12-22(34(30,31)32)18(16-20)8-4-2-6-14-24;;/h9-12,15-16H,1-8H2,(H,27,28,29)(H,30,31,32);;/b26-25+;;. The molecule has 2 rings (SSSR count). The molecule has 0 aliphatic heterocycles. The maximum atomic E-state index is 11.7. The molecule has 0 heterocycles. The van der Waals surface area contributed by atoms with Gasteiger partial charge in [-0.3, -0.25) is 9.11 Å². The third kappa shape index (κ3) is 10.5. The van der Waals surface area contributed by atoms with Gasteiger partial charge in [-0.2, -0.15) is 37.6 Å². The molecular formula is C22H25KN4O6S2. The van der Waals surface area contributed by atoms with Crippen molar-refractivity contribution in [3.8, 4) is 12.1 Å². The Morgan fingerprint density at radius 3 is 1.37 bits per heavy atom. The summed E-state index contributed by atoms with van der Waals surface area (Å²) < 4.78 is 65.6. The van der Waals surface area contributed by atoms with Gasteiger partial charge in [-0.1, -0.05) is 0 Å². The first-order valence-corrected chi connectivity index (χ1v) is 13.3. The molecule has 2 aromatic rings. The molecule has 0 fully saturated rings. The van der Waals surface area contributed by atoms with Gasteiger partial charge in [0, 0.05) is 12.8 Å². The second-order valence-corrected chi connectivity index (χ2v) is 10.2. The predicted molar refractivity (Wildman–Crippen MR) is 130 cm³/mol. The van der Waals surface area contributed by atoms with E-state index in [1.165, 1.54) is 36.4 Å². The van der Waals surface area contributed by atoms with Crippen molar-refractivity contribution >= 4 is 83.0 Å². The topological polar surface area (TPSA) is 181 Å². The molecule has 0 bridgehead atoms. The van der Waals surface area contributed by atoms with Gasteiger partial charge >= 0.3 is 51.4 Å². The van der Waals surface area contributed by atoms with Crippen molar-refractivity contribution in [3.63, 3.8) is 0 Å². The monoisotopic (exact) mass is 544 g/mol. The van der Waals surface area contributed by atoms with Gasteiger partial charge in [-0.15, -0.1) is 0 Å². The summed E-state index contributed by atoms with van der Waals surface area (Å²) in [4.78, 5) is -0.471. The maximum absolute atomic E-state index is 11.7. The number of rotatable bonds is 12. The normalized spacial score (nSPS) is 11.5. The van der Waals surface area contributed by atoms with Gasteiger partial charge in [0.2, 0.25) is 0 Å². The van der Waals surface area contributed by atoms with Gasteiger partial charge in [0.1, 0.15) is 0 Å². The van der Waals surface area contributed by atoms with E-state index >= 15 is 0 Å². The quantitative estimate of drug-likeness (QED) is 0.170. The number of nitriles is 2. The molecule has 0 saturated heterocycles. The van der Waals surface area contributed by atoms with Crippen LogP contribution in [0.4, 0.5) is 11.4 Å². The Morgan fingerprint density at radius 2 is 1.06 bits per heavy atom. The Labute approximate surface area is 248 Å². The van der Waals surface area contributed by atoms with Gasteiger partial charge < -0.3 is 0 Å². The summed E-state index contributed by atoms with van der Waals surface area (Å²) in [7, 11) is -8.87. The molecule has 182 valence electrons. The van der Waals surface area contributed by atoms with Crippen LogP contribution in [0.1, 0.15) is 49.7 Å². The van der Waals surface area contributed by atoms with E-state index in [1.54, 1.807) is 0 Å². The van der Waals surface area contributed by atoms with E-state index in [0.717, 1.165) is 0 Å². The number of unbranched alkanes of at least 4 members (excludes halogenated alkanes) is 4. The van der Waals surface area contributed by atoms with Gasteiger partial charge in [0.05, 0.1) is 33.3 Å². The zero-order valence-corrected chi connectivity index (χ0v) is 19.9. The Morgan fingerprint density at radius 1 is 0.686 bits per heavy atom. The van der Waals surface area contributed by atoms with Gasteiger partial charge in [0.25, 0.3) is 20.2 Å². The fourth-order valence-electron chi connectivity index (χ4n) is 3.30. The van der Waals surface area contributed by atoms with Crippen molar-refractivity contribution in [1.82, 2.24) is 0 Å². The second kappa shape index (κ2) is 14.9. The number of nitrogens with zero attached hydrogens (tertiary/aromatic N) is 4. The molecule has 0 aliphatic carbocycles. The first-order chi connectivity index (χ1) is 16.1. The molecule has 2 aromatic carbocycles. The van der Waals surface area contributed by atoms with E-state index in [0.29, 0.717) is 73.9 Å². The summed E-state index contributed by atoms with van der Waals surface area (Å²) >= 11 is 0. The molecule has 0 aliphatic rings. The van der Waals surface area contributed by atoms with E-state index in [4.69, 9.17) is 10.5 Å². The Bertz CT molecular complexity index is 1240. The number of aryl methyl sites for hydroxylation is 2. The average Bonchev–Trinajstić information content (AvgIpc) is 2.77. The zero-order valence-electron chi connectivity index (χ0n) is 18.3. The van der Waals surface area contributed by atoms with Crippen LogP contribution in [0.5, 0.6) is 0 Å². The van der Waals surface area contributed by atoms with Crippen molar-refractivity contribution < 1.29 is 25.9 Å². The van der Waals surface area contributed by atoms with Crippen LogP contribution in [0.15, 0.2) is 56.4 Å². The molecule has 2 N–H and O–H groups in total. The first-order valence-electron chi connectivity index (χ1n) is 10.4. The summed E-state index contributed by atoms with van der Waals surface area (Å²) in [6.45, 7) is 0. The Kier molecular flexibility index (Phi) is 13.4. The van der Waals surface area contributed by atoms with E-state index in [1.807, 2.05) is 12.1 Å². The predicted octanol–water partition coefficient (Wildman–Crippen LogP) is 4.42. The molecule has 0 saturated carbocycles. The minimum absolute atomic E-state index is 0. The van der Waals surface area contributed by atoms with Gasteiger partial charge in [-0.05, 0) is 86.1 Å². The van der Waals surface area contributed by atoms with Crippen molar-refractivity contribution in [1.29, 1.82) is 10.5 Å². The summed E-state index contributed by atoms with van der Waals surface area (Å²) in [5.41, 5.74) is 1.32. The third-order valence-electron chi connectivity index (χ3n) is 4.89. The fourth-order valence-corrected chi connectivity index (χ4v) is 4.77.